The molecule has 0 aliphatic carbocycles. The number of hydrogen-bond donors (Lipinski definition) is 1. The molecular weight excluding hydrogens is 329 g/mol. The highest BCUT2D eigenvalue weighted by atomic mass is 32.1. The summed E-state index contributed by atoms with van der Waals surface area (Å²) in [6, 6.07) is 7.64. The lowest BCUT2D eigenvalue weighted by atomic mass is 10.1. The Labute approximate surface area is 134 Å². The summed E-state index contributed by atoms with van der Waals surface area (Å²) >= 11 is 1.28. The monoisotopic (exact) mass is 342 g/mol. The number of nitrogens with zero attached hydrogens (tertiary/aromatic N) is 1. The van der Waals surface area contributed by atoms with Crippen LogP contribution in [0.4, 0.5) is 24.5 Å². The molecule has 0 radical (unpaired) electrons. The second-order valence-corrected chi connectivity index (χ2v) is 5.74. The standard InChI is InChI=1S/C15H13F3N2O2S/c1-9-8-10(20(2)14(22)15(16,17)18)5-6-11(9)19-13(21)12-4-3-7-23-12/h3-8H,1-2H3,(H,19,21). The maximum Gasteiger partial charge on any atom is 0.471 e. The Morgan fingerprint density at radius 1 is 1.22 bits per heavy atom. The molecule has 0 atom stereocenters. The first kappa shape index (κ1) is 17.0. The van der Waals surface area contributed by atoms with Gasteiger partial charge in [-0.25, -0.2) is 0 Å². The number of carbonyl (C=O) groups excluding carboxylic acids is 2. The number of rotatable bonds is 3. The summed E-state index contributed by atoms with van der Waals surface area (Å²) < 4.78 is 37.3. The van der Waals surface area contributed by atoms with Gasteiger partial charge in [0.1, 0.15) is 0 Å². The lowest BCUT2D eigenvalue weighted by molar-refractivity contribution is -0.170. The number of halogens is 3. The predicted octanol–water partition coefficient (Wildman–Crippen LogP) is 3.83. The third-order valence-electron chi connectivity index (χ3n) is 3.14. The Bertz CT molecular complexity index is 727. The maximum absolute atomic E-state index is 12.4. The minimum absolute atomic E-state index is 0.0962. The van der Waals surface area contributed by atoms with Crippen LogP contribution in [0.3, 0.4) is 0 Å². The molecule has 0 saturated heterocycles. The van der Waals surface area contributed by atoms with Crippen molar-refractivity contribution in [3.05, 3.63) is 46.2 Å². The predicted molar refractivity (Wildman–Crippen MR) is 82.9 cm³/mol. The summed E-state index contributed by atoms with van der Waals surface area (Å²) in [7, 11) is 1.05. The van der Waals surface area contributed by atoms with Crippen LogP contribution >= 0.6 is 11.3 Å². The molecule has 1 N–H and O–H groups in total. The zero-order valence-corrected chi connectivity index (χ0v) is 13.1. The number of aryl methyl sites for hydroxylation is 1. The number of carbonyl (C=O) groups is 2. The number of nitrogens with one attached hydrogen (secondary N) is 1. The number of benzene rings is 1. The van der Waals surface area contributed by atoms with E-state index < -0.39 is 12.1 Å². The van der Waals surface area contributed by atoms with Gasteiger partial charge >= 0.3 is 12.1 Å². The molecule has 0 aliphatic rings. The molecule has 0 unspecified atom stereocenters. The maximum atomic E-state index is 12.4. The molecule has 4 nitrogen and oxygen atoms in total. The van der Waals surface area contributed by atoms with E-state index in [9.17, 15) is 22.8 Å². The fraction of sp³-hybridized carbons (Fsp3) is 0.200. The van der Waals surface area contributed by atoms with Crippen LogP contribution in [0, 0.1) is 6.92 Å². The second kappa shape index (κ2) is 6.41. The lowest BCUT2D eigenvalue weighted by Crippen LogP contribution is -2.38. The molecule has 1 aromatic carbocycles. The van der Waals surface area contributed by atoms with Gasteiger partial charge in [-0.15, -0.1) is 11.3 Å². The first-order valence-electron chi connectivity index (χ1n) is 6.50. The van der Waals surface area contributed by atoms with Crippen molar-refractivity contribution in [2.24, 2.45) is 0 Å². The highest BCUT2D eigenvalue weighted by Crippen LogP contribution is 2.26. The molecule has 2 amide bonds. The summed E-state index contributed by atoms with van der Waals surface area (Å²) in [5, 5.41) is 4.45. The quantitative estimate of drug-likeness (QED) is 0.921. The van der Waals surface area contributed by atoms with Gasteiger partial charge in [0.25, 0.3) is 5.91 Å². The van der Waals surface area contributed by atoms with Gasteiger partial charge in [0, 0.05) is 18.4 Å². The smallest absolute Gasteiger partial charge is 0.321 e. The third kappa shape index (κ3) is 3.89. The van der Waals surface area contributed by atoms with Crippen molar-refractivity contribution in [3.63, 3.8) is 0 Å². The molecule has 0 aliphatic heterocycles. The molecule has 0 spiro atoms. The molecule has 0 saturated carbocycles. The molecular formula is C15H13F3N2O2S. The van der Waals surface area contributed by atoms with E-state index in [1.165, 1.54) is 29.5 Å². The van der Waals surface area contributed by atoms with Crippen LogP contribution in [0.2, 0.25) is 0 Å². The van der Waals surface area contributed by atoms with E-state index in [1.54, 1.807) is 24.4 Å². The summed E-state index contributed by atoms with van der Waals surface area (Å²) in [4.78, 5) is 24.3. The van der Waals surface area contributed by atoms with Gasteiger partial charge in [0.15, 0.2) is 0 Å². The molecule has 1 heterocycles. The highest BCUT2D eigenvalue weighted by Gasteiger charge is 2.41. The number of hydrogen-bond acceptors (Lipinski definition) is 3. The van der Waals surface area contributed by atoms with Gasteiger partial charge in [0.05, 0.1) is 4.88 Å². The van der Waals surface area contributed by atoms with E-state index in [0.717, 1.165) is 7.05 Å². The molecule has 0 bridgehead atoms. The Kier molecular flexibility index (Phi) is 4.74. The summed E-state index contributed by atoms with van der Waals surface area (Å²) in [5.41, 5.74) is 1.12. The first-order chi connectivity index (χ1) is 10.7. The van der Waals surface area contributed by atoms with Crippen LogP contribution in [0.25, 0.3) is 0 Å². The first-order valence-corrected chi connectivity index (χ1v) is 7.38. The van der Waals surface area contributed by atoms with E-state index in [4.69, 9.17) is 0 Å². The van der Waals surface area contributed by atoms with E-state index in [-0.39, 0.29) is 11.6 Å². The van der Waals surface area contributed by atoms with Crippen molar-refractivity contribution in [2.75, 3.05) is 17.3 Å². The van der Waals surface area contributed by atoms with Crippen molar-refractivity contribution in [3.8, 4) is 0 Å². The minimum Gasteiger partial charge on any atom is -0.321 e. The number of alkyl halides is 3. The van der Waals surface area contributed by atoms with E-state index >= 15 is 0 Å². The fourth-order valence-corrected chi connectivity index (χ4v) is 2.51. The highest BCUT2D eigenvalue weighted by molar-refractivity contribution is 7.12. The van der Waals surface area contributed by atoms with E-state index in [0.29, 0.717) is 21.0 Å². The van der Waals surface area contributed by atoms with Crippen LogP contribution in [-0.2, 0) is 4.79 Å². The van der Waals surface area contributed by atoms with E-state index in [2.05, 4.69) is 5.32 Å². The normalized spacial score (nSPS) is 11.2. The third-order valence-corrected chi connectivity index (χ3v) is 4.01. The average molecular weight is 342 g/mol. The van der Waals surface area contributed by atoms with Crippen LogP contribution in [0.15, 0.2) is 35.7 Å². The Hall–Kier alpha value is -2.35. The van der Waals surface area contributed by atoms with Gasteiger partial charge in [0.2, 0.25) is 0 Å². The Morgan fingerprint density at radius 3 is 2.43 bits per heavy atom. The summed E-state index contributed by atoms with van der Waals surface area (Å²) in [6.45, 7) is 1.64. The zero-order chi connectivity index (χ0) is 17.2. The summed E-state index contributed by atoms with van der Waals surface area (Å²) in [5.74, 6) is -2.25. The van der Waals surface area contributed by atoms with Crippen molar-refractivity contribution < 1.29 is 22.8 Å². The number of thiophene rings is 1. The lowest BCUT2D eigenvalue weighted by Gasteiger charge is -2.20. The Balaban J connectivity index is 2.18. The van der Waals surface area contributed by atoms with Crippen molar-refractivity contribution >= 4 is 34.5 Å². The minimum atomic E-state index is -4.94. The topological polar surface area (TPSA) is 49.4 Å². The molecule has 122 valence electrons. The summed E-state index contributed by atoms with van der Waals surface area (Å²) in [6.07, 6.45) is -4.94. The van der Waals surface area contributed by atoms with Gasteiger partial charge in [-0.05, 0) is 42.1 Å². The van der Waals surface area contributed by atoms with Crippen molar-refractivity contribution in [1.29, 1.82) is 0 Å². The number of anilines is 2. The average Bonchev–Trinajstić information content (AvgIpc) is 3.01. The van der Waals surface area contributed by atoms with Gasteiger partial charge < -0.3 is 10.2 Å². The molecule has 23 heavy (non-hydrogen) atoms. The van der Waals surface area contributed by atoms with Crippen molar-refractivity contribution in [1.82, 2.24) is 0 Å². The molecule has 8 heteroatoms. The Morgan fingerprint density at radius 2 is 1.91 bits per heavy atom. The van der Waals surface area contributed by atoms with E-state index in [1.807, 2.05) is 0 Å². The fourth-order valence-electron chi connectivity index (χ4n) is 1.90. The van der Waals surface area contributed by atoms with Crippen LogP contribution in [0.1, 0.15) is 15.2 Å². The molecule has 0 fully saturated rings. The molecule has 2 rings (SSSR count). The zero-order valence-electron chi connectivity index (χ0n) is 12.3. The second-order valence-electron chi connectivity index (χ2n) is 4.79. The largest absolute Gasteiger partial charge is 0.471 e. The van der Waals surface area contributed by atoms with Crippen LogP contribution in [-0.4, -0.2) is 25.0 Å². The molecule has 1 aromatic heterocycles. The van der Waals surface area contributed by atoms with Crippen molar-refractivity contribution in [2.45, 2.75) is 13.1 Å². The van der Waals surface area contributed by atoms with Crippen LogP contribution in [0.5, 0.6) is 0 Å². The number of amides is 2. The van der Waals surface area contributed by atoms with Gasteiger partial charge in [-0.3, -0.25) is 9.59 Å². The molecule has 2 aromatic rings. The van der Waals surface area contributed by atoms with Gasteiger partial charge in [-0.2, -0.15) is 13.2 Å². The SMILES string of the molecule is Cc1cc(N(C)C(=O)C(F)(F)F)ccc1NC(=O)c1cccs1. The van der Waals surface area contributed by atoms with Crippen LogP contribution < -0.4 is 10.2 Å². The van der Waals surface area contributed by atoms with Gasteiger partial charge in [-0.1, -0.05) is 6.07 Å².